The lowest BCUT2D eigenvalue weighted by Gasteiger charge is -2.34. The van der Waals surface area contributed by atoms with Gasteiger partial charge in [-0.25, -0.2) is 0 Å². The van der Waals surface area contributed by atoms with Crippen LogP contribution in [0.15, 0.2) is 23.3 Å². The fourth-order valence-electron chi connectivity index (χ4n) is 3.52. The van der Waals surface area contributed by atoms with E-state index in [4.69, 9.17) is 0 Å². The molecule has 1 N–H and O–H groups in total. The van der Waals surface area contributed by atoms with Crippen LogP contribution in [0.25, 0.3) is 0 Å². The summed E-state index contributed by atoms with van der Waals surface area (Å²) in [7, 11) is 0. The molecule has 0 heterocycles. The fraction of sp³-hybridized carbons (Fsp3) is 0.750. The minimum absolute atomic E-state index is 0.202. The normalized spacial score (nSPS) is 36.6. The van der Waals surface area contributed by atoms with Crippen molar-refractivity contribution in [2.45, 2.75) is 59.5 Å². The van der Waals surface area contributed by atoms with Crippen molar-refractivity contribution in [2.24, 2.45) is 17.3 Å². The highest BCUT2D eigenvalue weighted by Crippen LogP contribution is 2.47. The minimum Gasteiger partial charge on any atom is -0.389 e. The van der Waals surface area contributed by atoms with Gasteiger partial charge >= 0.3 is 0 Å². The molecule has 0 bridgehead atoms. The van der Waals surface area contributed by atoms with Gasteiger partial charge in [-0.15, -0.1) is 0 Å². The monoisotopic (exact) mass is 234 g/mol. The van der Waals surface area contributed by atoms with Crippen molar-refractivity contribution in [1.29, 1.82) is 0 Å². The predicted molar refractivity (Wildman–Crippen MR) is 72.7 cm³/mol. The van der Waals surface area contributed by atoms with Gasteiger partial charge in [0.05, 0.1) is 6.10 Å². The summed E-state index contributed by atoms with van der Waals surface area (Å²) in [5.41, 5.74) is 3.28. The summed E-state index contributed by atoms with van der Waals surface area (Å²) >= 11 is 0. The summed E-state index contributed by atoms with van der Waals surface area (Å²) in [6.07, 6.45) is 8.88. The van der Waals surface area contributed by atoms with Crippen LogP contribution >= 0.6 is 0 Å². The molecule has 0 fully saturated rings. The molecule has 0 aromatic carbocycles. The van der Waals surface area contributed by atoms with E-state index in [-0.39, 0.29) is 6.10 Å². The lowest BCUT2D eigenvalue weighted by Crippen LogP contribution is -2.26. The van der Waals surface area contributed by atoms with Gasteiger partial charge in [0.2, 0.25) is 0 Å². The van der Waals surface area contributed by atoms with Crippen molar-refractivity contribution >= 4 is 0 Å². The molecule has 0 saturated heterocycles. The zero-order chi connectivity index (χ0) is 12.6. The van der Waals surface area contributed by atoms with Gasteiger partial charge in [-0.3, -0.25) is 0 Å². The molecule has 0 aliphatic heterocycles. The second-order valence-electron chi connectivity index (χ2n) is 6.66. The van der Waals surface area contributed by atoms with Crippen LogP contribution in [0.4, 0.5) is 0 Å². The smallest absolute Gasteiger partial charge is 0.0726 e. The van der Waals surface area contributed by atoms with Gasteiger partial charge in [-0.2, -0.15) is 0 Å². The summed E-state index contributed by atoms with van der Waals surface area (Å²) in [5, 5.41) is 9.82. The van der Waals surface area contributed by atoms with Crippen LogP contribution in [0.3, 0.4) is 0 Å². The van der Waals surface area contributed by atoms with E-state index in [0.29, 0.717) is 11.3 Å². The van der Waals surface area contributed by atoms with E-state index in [1.807, 2.05) is 6.08 Å². The highest BCUT2D eigenvalue weighted by molar-refractivity contribution is 5.18. The zero-order valence-electron chi connectivity index (χ0n) is 11.7. The maximum Gasteiger partial charge on any atom is 0.0726 e. The zero-order valence-corrected chi connectivity index (χ0v) is 11.7. The molecule has 0 saturated carbocycles. The van der Waals surface area contributed by atoms with Crippen molar-refractivity contribution < 1.29 is 5.11 Å². The first-order valence-corrected chi connectivity index (χ1v) is 6.92. The van der Waals surface area contributed by atoms with Gasteiger partial charge in [-0.1, -0.05) is 37.1 Å². The number of hydrogen-bond acceptors (Lipinski definition) is 1. The van der Waals surface area contributed by atoms with Crippen LogP contribution < -0.4 is 0 Å². The van der Waals surface area contributed by atoms with Crippen LogP contribution in [0.5, 0.6) is 0 Å². The van der Waals surface area contributed by atoms with Crippen molar-refractivity contribution in [2.75, 3.05) is 0 Å². The van der Waals surface area contributed by atoms with Crippen molar-refractivity contribution in [3.05, 3.63) is 23.3 Å². The number of aliphatic hydroxyl groups excluding tert-OH is 1. The Kier molecular flexibility index (Phi) is 3.49. The van der Waals surface area contributed by atoms with Gasteiger partial charge in [0.15, 0.2) is 0 Å². The topological polar surface area (TPSA) is 20.2 Å². The van der Waals surface area contributed by atoms with Crippen molar-refractivity contribution in [1.82, 2.24) is 0 Å². The largest absolute Gasteiger partial charge is 0.389 e. The average Bonchev–Trinajstić information content (AvgIpc) is 2.43. The molecule has 17 heavy (non-hydrogen) atoms. The second kappa shape index (κ2) is 4.61. The molecule has 3 unspecified atom stereocenters. The molecule has 0 spiro atoms. The third-order valence-corrected chi connectivity index (χ3v) is 5.03. The van der Waals surface area contributed by atoms with E-state index in [1.54, 1.807) is 5.57 Å². The lowest BCUT2D eigenvalue weighted by atomic mass is 9.71. The molecule has 0 amide bonds. The molecule has 1 nitrogen and oxygen atoms in total. The summed E-state index contributed by atoms with van der Waals surface area (Å²) in [5.74, 6) is 1.45. The molecule has 2 rings (SSSR count). The van der Waals surface area contributed by atoms with Crippen LogP contribution in [-0.2, 0) is 0 Å². The third-order valence-electron chi connectivity index (χ3n) is 5.03. The summed E-state index contributed by atoms with van der Waals surface area (Å²) in [4.78, 5) is 0. The lowest BCUT2D eigenvalue weighted by molar-refractivity contribution is 0.148. The average molecular weight is 234 g/mol. The van der Waals surface area contributed by atoms with E-state index >= 15 is 0 Å². The van der Waals surface area contributed by atoms with Gasteiger partial charge in [0, 0.05) is 0 Å². The van der Waals surface area contributed by atoms with Gasteiger partial charge in [-0.05, 0) is 56.8 Å². The van der Waals surface area contributed by atoms with Gasteiger partial charge in [0.25, 0.3) is 0 Å². The Balaban J connectivity index is 1.97. The van der Waals surface area contributed by atoms with E-state index in [2.05, 4.69) is 33.8 Å². The van der Waals surface area contributed by atoms with Gasteiger partial charge < -0.3 is 5.11 Å². The van der Waals surface area contributed by atoms with E-state index < -0.39 is 0 Å². The Labute approximate surface area is 106 Å². The molecule has 3 atom stereocenters. The van der Waals surface area contributed by atoms with Crippen LogP contribution in [0.2, 0.25) is 0 Å². The summed E-state index contributed by atoms with van der Waals surface area (Å²) in [6.45, 7) is 9.16. The van der Waals surface area contributed by atoms with Gasteiger partial charge in [0.1, 0.15) is 0 Å². The molecule has 0 radical (unpaired) electrons. The molecule has 2 aliphatic rings. The number of rotatable bonds is 2. The number of hydrogen-bond donors (Lipinski definition) is 1. The summed E-state index contributed by atoms with van der Waals surface area (Å²) in [6, 6.07) is 0. The van der Waals surface area contributed by atoms with Crippen LogP contribution in [0, 0.1) is 17.3 Å². The Morgan fingerprint density at radius 2 is 2.06 bits per heavy atom. The quantitative estimate of drug-likeness (QED) is 0.714. The maximum absolute atomic E-state index is 9.82. The van der Waals surface area contributed by atoms with Crippen molar-refractivity contribution in [3.63, 3.8) is 0 Å². The van der Waals surface area contributed by atoms with E-state index in [9.17, 15) is 5.11 Å². The standard InChI is InChI=1S/C16H26O/c1-11-7-13(10-15(17)8-11)9-14-6-5-12(2)16(14,3)4/h5,8,13-15,17H,6-7,9-10H2,1-4H3. The van der Waals surface area contributed by atoms with Crippen LogP contribution in [-0.4, -0.2) is 11.2 Å². The van der Waals surface area contributed by atoms with Crippen LogP contribution in [0.1, 0.15) is 53.4 Å². The Hall–Kier alpha value is -0.560. The first kappa shape index (κ1) is 12.9. The highest BCUT2D eigenvalue weighted by Gasteiger charge is 2.36. The highest BCUT2D eigenvalue weighted by atomic mass is 16.3. The first-order chi connectivity index (χ1) is 7.89. The molecule has 1 heteroatoms. The molecule has 2 aliphatic carbocycles. The fourth-order valence-corrected chi connectivity index (χ4v) is 3.52. The van der Waals surface area contributed by atoms with Crippen molar-refractivity contribution in [3.8, 4) is 0 Å². The SMILES string of the molecule is CC1=CC(O)CC(CC2CC=C(C)C2(C)C)C1. The molecule has 96 valence electrons. The molecule has 0 aromatic heterocycles. The second-order valence-corrected chi connectivity index (χ2v) is 6.66. The number of aliphatic hydroxyl groups is 1. The molecule has 0 aromatic rings. The Morgan fingerprint density at radius 3 is 2.59 bits per heavy atom. The Morgan fingerprint density at radius 1 is 1.35 bits per heavy atom. The third kappa shape index (κ3) is 2.65. The molecular formula is C16H26O. The number of allylic oxidation sites excluding steroid dienone is 3. The summed E-state index contributed by atoms with van der Waals surface area (Å²) < 4.78 is 0. The van der Waals surface area contributed by atoms with E-state index in [1.165, 1.54) is 24.8 Å². The Bertz CT molecular complexity index is 349. The maximum atomic E-state index is 9.82. The predicted octanol–water partition coefficient (Wildman–Crippen LogP) is 4.09. The van der Waals surface area contributed by atoms with E-state index in [0.717, 1.165) is 12.3 Å². The minimum atomic E-state index is -0.202. The first-order valence-electron chi connectivity index (χ1n) is 6.92. The molecular weight excluding hydrogens is 208 g/mol.